The first-order valence-corrected chi connectivity index (χ1v) is 8.76. The second kappa shape index (κ2) is 7.88. The van der Waals surface area contributed by atoms with Gasteiger partial charge in [-0.2, -0.15) is 0 Å². The normalized spacial score (nSPS) is 19.1. The molecule has 0 amide bonds. The molecule has 1 aliphatic heterocycles. The summed E-state index contributed by atoms with van der Waals surface area (Å²) in [5.41, 5.74) is 1.41. The van der Waals surface area contributed by atoms with E-state index in [4.69, 9.17) is 0 Å². The standard InChI is InChI=1S/C20H27N3O/c1-20(24,18-7-3-2-4-8-18)16-22-19-9-12-23(13-10-19)15-17-6-5-11-21-14-17/h2-8,11,14,19,22,24H,9-10,12-13,15-16H2,1H3. The van der Waals surface area contributed by atoms with Crippen molar-refractivity contribution in [3.63, 3.8) is 0 Å². The number of nitrogens with one attached hydrogen (secondary N) is 1. The minimum Gasteiger partial charge on any atom is -0.384 e. The van der Waals surface area contributed by atoms with Crippen molar-refractivity contribution in [1.29, 1.82) is 0 Å². The Labute approximate surface area is 144 Å². The van der Waals surface area contributed by atoms with Crippen LogP contribution in [0.25, 0.3) is 0 Å². The summed E-state index contributed by atoms with van der Waals surface area (Å²) in [5, 5.41) is 14.2. The zero-order chi connectivity index (χ0) is 16.8. The van der Waals surface area contributed by atoms with Gasteiger partial charge in [0.15, 0.2) is 0 Å². The lowest BCUT2D eigenvalue weighted by Gasteiger charge is -2.34. The van der Waals surface area contributed by atoms with Crippen molar-refractivity contribution in [3.05, 3.63) is 66.0 Å². The van der Waals surface area contributed by atoms with Crippen LogP contribution in [0.3, 0.4) is 0 Å². The monoisotopic (exact) mass is 325 g/mol. The maximum atomic E-state index is 10.7. The lowest BCUT2D eigenvalue weighted by Crippen LogP contribution is -2.46. The van der Waals surface area contributed by atoms with E-state index in [0.29, 0.717) is 12.6 Å². The first-order valence-electron chi connectivity index (χ1n) is 8.76. The highest BCUT2D eigenvalue weighted by molar-refractivity contribution is 5.21. The largest absolute Gasteiger partial charge is 0.384 e. The molecule has 4 nitrogen and oxygen atoms in total. The molecule has 0 saturated carbocycles. The summed E-state index contributed by atoms with van der Waals surface area (Å²) >= 11 is 0. The summed E-state index contributed by atoms with van der Waals surface area (Å²) in [5.74, 6) is 0. The number of hydrogen-bond acceptors (Lipinski definition) is 4. The predicted molar refractivity (Wildman–Crippen MR) is 96.6 cm³/mol. The number of hydrogen-bond donors (Lipinski definition) is 2. The van der Waals surface area contributed by atoms with Crippen molar-refractivity contribution in [1.82, 2.24) is 15.2 Å². The molecule has 0 radical (unpaired) electrons. The fourth-order valence-electron chi connectivity index (χ4n) is 3.29. The summed E-state index contributed by atoms with van der Waals surface area (Å²) in [7, 11) is 0. The van der Waals surface area contributed by atoms with Crippen molar-refractivity contribution < 1.29 is 5.11 Å². The molecule has 0 spiro atoms. The average molecular weight is 325 g/mol. The zero-order valence-corrected chi connectivity index (χ0v) is 14.4. The molecular formula is C20H27N3O. The Bertz CT molecular complexity index is 607. The molecule has 3 rings (SSSR count). The summed E-state index contributed by atoms with van der Waals surface area (Å²) in [6.07, 6.45) is 6.00. The maximum absolute atomic E-state index is 10.7. The van der Waals surface area contributed by atoms with Crippen LogP contribution in [0.2, 0.25) is 0 Å². The molecule has 1 atom stereocenters. The van der Waals surface area contributed by atoms with E-state index in [1.54, 1.807) is 0 Å². The molecule has 1 aromatic heterocycles. The van der Waals surface area contributed by atoms with Crippen LogP contribution < -0.4 is 5.32 Å². The molecule has 128 valence electrons. The molecule has 1 aliphatic rings. The second-order valence-corrected chi connectivity index (χ2v) is 6.93. The van der Waals surface area contributed by atoms with Gasteiger partial charge in [0.2, 0.25) is 0 Å². The lowest BCUT2D eigenvalue weighted by atomic mass is 9.95. The van der Waals surface area contributed by atoms with Crippen LogP contribution in [0.5, 0.6) is 0 Å². The number of benzene rings is 1. The summed E-state index contributed by atoms with van der Waals surface area (Å²) < 4.78 is 0. The van der Waals surface area contributed by atoms with E-state index in [0.717, 1.165) is 38.0 Å². The van der Waals surface area contributed by atoms with Crippen molar-refractivity contribution in [3.8, 4) is 0 Å². The highest BCUT2D eigenvalue weighted by atomic mass is 16.3. The van der Waals surface area contributed by atoms with Crippen LogP contribution in [0.4, 0.5) is 0 Å². The average Bonchev–Trinajstić information content (AvgIpc) is 2.63. The number of rotatable bonds is 6. The number of nitrogens with zero attached hydrogens (tertiary/aromatic N) is 2. The third kappa shape index (κ3) is 4.63. The van der Waals surface area contributed by atoms with E-state index < -0.39 is 5.60 Å². The van der Waals surface area contributed by atoms with Gasteiger partial charge in [-0.05, 0) is 50.0 Å². The first-order chi connectivity index (χ1) is 11.6. The van der Waals surface area contributed by atoms with Gasteiger partial charge in [0, 0.05) is 31.5 Å². The van der Waals surface area contributed by atoms with Gasteiger partial charge >= 0.3 is 0 Å². The molecule has 0 bridgehead atoms. The lowest BCUT2D eigenvalue weighted by molar-refractivity contribution is 0.0499. The van der Waals surface area contributed by atoms with Crippen LogP contribution in [0.15, 0.2) is 54.9 Å². The minimum atomic E-state index is -0.825. The Kier molecular flexibility index (Phi) is 5.61. The van der Waals surface area contributed by atoms with Gasteiger partial charge in [0.25, 0.3) is 0 Å². The van der Waals surface area contributed by atoms with Crippen LogP contribution >= 0.6 is 0 Å². The van der Waals surface area contributed by atoms with Gasteiger partial charge in [0.05, 0.1) is 5.60 Å². The van der Waals surface area contributed by atoms with Crippen molar-refractivity contribution in [2.75, 3.05) is 19.6 Å². The van der Waals surface area contributed by atoms with E-state index in [1.807, 2.05) is 55.7 Å². The van der Waals surface area contributed by atoms with Gasteiger partial charge < -0.3 is 10.4 Å². The van der Waals surface area contributed by atoms with Gasteiger partial charge in [-0.15, -0.1) is 0 Å². The van der Waals surface area contributed by atoms with Crippen molar-refractivity contribution >= 4 is 0 Å². The molecule has 2 heterocycles. The second-order valence-electron chi connectivity index (χ2n) is 6.93. The Balaban J connectivity index is 1.44. The highest BCUT2D eigenvalue weighted by Crippen LogP contribution is 2.20. The molecule has 1 unspecified atom stereocenters. The number of aromatic nitrogens is 1. The first kappa shape index (κ1) is 17.1. The SMILES string of the molecule is CC(O)(CNC1CCN(Cc2cccnc2)CC1)c1ccccc1. The molecule has 4 heteroatoms. The number of aliphatic hydroxyl groups is 1. The van der Waals surface area contributed by atoms with Crippen LogP contribution in [0, 0.1) is 0 Å². The summed E-state index contributed by atoms with van der Waals surface area (Å²) in [6, 6.07) is 14.5. The molecular weight excluding hydrogens is 298 g/mol. The van der Waals surface area contributed by atoms with Gasteiger partial charge in [-0.1, -0.05) is 36.4 Å². The fourth-order valence-corrected chi connectivity index (χ4v) is 3.29. The minimum absolute atomic E-state index is 0.477. The smallest absolute Gasteiger partial charge is 0.0992 e. The Morgan fingerprint density at radius 2 is 1.92 bits per heavy atom. The summed E-state index contributed by atoms with van der Waals surface area (Å²) in [6.45, 7) is 5.61. The van der Waals surface area contributed by atoms with E-state index in [2.05, 4.69) is 21.3 Å². The van der Waals surface area contributed by atoms with Crippen LogP contribution in [0.1, 0.15) is 30.9 Å². The molecule has 1 fully saturated rings. The molecule has 24 heavy (non-hydrogen) atoms. The fraction of sp³-hybridized carbons (Fsp3) is 0.450. The highest BCUT2D eigenvalue weighted by Gasteiger charge is 2.25. The Morgan fingerprint density at radius 3 is 2.58 bits per heavy atom. The quantitative estimate of drug-likeness (QED) is 0.857. The Hall–Kier alpha value is -1.75. The van der Waals surface area contributed by atoms with E-state index in [1.165, 1.54) is 5.56 Å². The van der Waals surface area contributed by atoms with Gasteiger partial charge in [-0.3, -0.25) is 9.88 Å². The number of piperidine rings is 1. The van der Waals surface area contributed by atoms with Crippen molar-refractivity contribution in [2.45, 2.75) is 38.0 Å². The van der Waals surface area contributed by atoms with Gasteiger partial charge in [0.1, 0.15) is 0 Å². The van der Waals surface area contributed by atoms with E-state index in [-0.39, 0.29) is 0 Å². The third-order valence-corrected chi connectivity index (χ3v) is 4.85. The summed E-state index contributed by atoms with van der Waals surface area (Å²) in [4.78, 5) is 6.66. The molecule has 1 saturated heterocycles. The van der Waals surface area contributed by atoms with Gasteiger partial charge in [-0.25, -0.2) is 0 Å². The molecule has 0 aliphatic carbocycles. The van der Waals surface area contributed by atoms with E-state index >= 15 is 0 Å². The zero-order valence-electron chi connectivity index (χ0n) is 14.4. The van der Waals surface area contributed by atoms with Crippen molar-refractivity contribution in [2.24, 2.45) is 0 Å². The Morgan fingerprint density at radius 1 is 1.17 bits per heavy atom. The number of pyridine rings is 1. The van der Waals surface area contributed by atoms with Crippen LogP contribution in [-0.2, 0) is 12.1 Å². The van der Waals surface area contributed by atoms with Crippen LogP contribution in [-0.4, -0.2) is 40.7 Å². The third-order valence-electron chi connectivity index (χ3n) is 4.85. The predicted octanol–water partition coefficient (Wildman–Crippen LogP) is 2.54. The molecule has 2 aromatic rings. The van der Waals surface area contributed by atoms with E-state index in [9.17, 15) is 5.11 Å². The molecule has 1 aromatic carbocycles. The molecule has 2 N–H and O–H groups in total. The maximum Gasteiger partial charge on any atom is 0.0992 e. The number of likely N-dealkylation sites (tertiary alicyclic amines) is 1. The topological polar surface area (TPSA) is 48.4 Å².